The maximum Gasteiger partial charge on any atom is 0.340 e. The van der Waals surface area contributed by atoms with Crippen molar-refractivity contribution < 1.29 is 9.53 Å². The van der Waals surface area contributed by atoms with Gasteiger partial charge in [0.15, 0.2) is 0 Å². The fraction of sp³-hybridized carbons (Fsp3) is 0.300. The van der Waals surface area contributed by atoms with Crippen LogP contribution in [0, 0.1) is 6.92 Å². The molecule has 4 heteroatoms. The second-order valence-electron chi connectivity index (χ2n) is 6.14. The van der Waals surface area contributed by atoms with Crippen molar-refractivity contribution in [1.29, 1.82) is 0 Å². The standard InChI is InChI=1S/C20H22N2O2/c1-15-8-9-19(18(12-15)20(23)24-2)21-17-10-11-22(14-17)13-16-6-4-3-5-7-16/h3-9,12H,10-11,13-14H2,1-2H3. The number of carbonyl (C=O) groups excluding carboxylic acids is 1. The summed E-state index contributed by atoms with van der Waals surface area (Å²) in [6.45, 7) is 4.72. The van der Waals surface area contributed by atoms with Gasteiger partial charge in [0.2, 0.25) is 0 Å². The smallest absolute Gasteiger partial charge is 0.340 e. The van der Waals surface area contributed by atoms with Gasteiger partial charge in [-0.15, -0.1) is 0 Å². The van der Waals surface area contributed by atoms with Gasteiger partial charge in [0.05, 0.1) is 18.4 Å². The van der Waals surface area contributed by atoms with E-state index in [1.165, 1.54) is 12.7 Å². The topological polar surface area (TPSA) is 41.9 Å². The summed E-state index contributed by atoms with van der Waals surface area (Å²) in [6.07, 6.45) is 0.932. The Bertz CT molecular complexity index is 753. The number of likely N-dealkylation sites (tertiary alicyclic amines) is 1. The minimum Gasteiger partial charge on any atom is -0.465 e. The number of rotatable bonds is 4. The van der Waals surface area contributed by atoms with Gasteiger partial charge >= 0.3 is 5.97 Å². The highest BCUT2D eigenvalue weighted by Crippen LogP contribution is 2.23. The molecule has 0 unspecified atom stereocenters. The van der Waals surface area contributed by atoms with Crippen LogP contribution in [0.1, 0.15) is 27.9 Å². The summed E-state index contributed by atoms with van der Waals surface area (Å²) < 4.78 is 4.88. The Labute approximate surface area is 142 Å². The van der Waals surface area contributed by atoms with Crippen molar-refractivity contribution in [3.8, 4) is 0 Å². The normalized spacial score (nSPS) is 16.5. The van der Waals surface area contributed by atoms with Gasteiger partial charge < -0.3 is 4.74 Å². The van der Waals surface area contributed by atoms with Crippen molar-refractivity contribution in [2.75, 3.05) is 20.2 Å². The molecule has 0 bridgehead atoms. The molecule has 1 aliphatic rings. The van der Waals surface area contributed by atoms with Crippen LogP contribution >= 0.6 is 0 Å². The molecule has 0 radical (unpaired) electrons. The van der Waals surface area contributed by atoms with Crippen molar-refractivity contribution in [2.24, 2.45) is 4.99 Å². The molecule has 0 aliphatic carbocycles. The van der Waals surface area contributed by atoms with E-state index in [9.17, 15) is 4.79 Å². The molecule has 1 aliphatic heterocycles. The van der Waals surface area contributed by atoms with Gasteiger partial charge in [-0.2, -0.15) is 0 Å². The van der Waals surface area contributed by atoms with Gasteiger partial charge in [0, 0.05) is 25.3 Å². The Morgan fingerprint density at radius 3 is 2.75 bits per heavy atom. The van der Waals surface area contributed by atoms with Crippen molar-refractivity contribution in [3.05, 3.63) is 65.2 Å². The summed E-state index contributed by atoms with van der Waals surface area (Å²) in [5.41, 5.74) is 4.68. The first-order chi connectivity index (χ1) is 11.7. The van der Waals surface area contributed by atoms with Crippen LogP contribution in [0.15, 0.2) is 53.5 Å². The molecule has 4 nitrogen and oxygen atoms in total. The number of hydrogen-bond acceptors (Lipinski definition) is 4. The SMILES string of the molecule is COC(=O)c1cc(C)ccc1N=C1CCN(Cc2ccccc2)C1. The predicted octanol–water partition coefficient (Wildman–Crippen LogP) is 3.76. The average molecular weight is 322 g/mol. The highest BCUT2D eigenvalue weighted by molar-refractivity contribution is 5.98. The zero-order valence-corrected chi connectivity index (χ0v) is 14.2. The number of ether oxygens (including phenoxy) is 1. The zero-order valence-electron chi connectivity index (χ0n) is 14.2. The lowest BCUT2D eigenvalue weighted by Crippen LogP contribution is -2.20. The van der Waals surface area contributed by atoms with Crippen LogP contribution in [0.3, 0.4) is 0 Å². The van der Waals surface area contributed by atoms with Crippen LogP contribution in [0.2, 0.25) is 0 Å². The molecule has 1 fully saturated rings. The fourth-order valence-corrected chi connectivity index (χ4v) is 2.96. The largest absolute Gasteiger partial charge is 0.465 e. The molecule has 2 aromatic carbocycles. The number of nitrogens with zero attached hydrogens (tertiary/aromatic N) is 2. The molecule has 0 aromatic heterocycles. The summed E-state index contributed by atoms with van der Waals surface area (Å²) in [5, 5.41) is 0. The van der Waals surface area contributed by atoms with Gasteiger partial charge in [0.1, 0.15) is 0 Å². The van der Waals surface area contributed by atoms with Crippen molar-refractivity contribution >= 4 is 17.4 Å². The highest BCUT2D eigenvalue weighted by atomic mass is 16.5. The van der Waals surface area contributed by atoms with E-state index in [1.807, 2.05) is 31.2 Å². The van der Waals surface area contributed by atoms with Crippen LogP contribution < -0.4 is 0 Å². The van der Waals surface area contributed by atoms with Crippen LogP contribution in [-0.2, 0) is 11.3 Å². The van der Waals surface area contributed by atoms with Gasteiger partial charge in [-0.3, -0.25) is 9.89 Å². The van der Waals surface area contributed by atoms with E-state index in [0.29, 0.717) is 11.3 Å². The van der Waals surface area contributed by atoms with Crippen molar-refractivity contribution in [3.63, 3.8) is 0 Å². The first kappa shape index (κ1) is 16.4. The molecule has 24 heavy (non-hydrogen) atoms. The van der Waals surface area contributed by atoms with Crippen LogP contribution in [0.4, 0.5) is 5.69 Å². The minimum atomic E-state index is -0.336. The number of hydrogen-bond donors (Lipinski definition) is 0. The quantitative estimate of drug-likeness (QED) is 0.805. The first-order valence-electron chi connectivity index (χ1n) is 8.17. The van der Waals surface area contributed by atoms with Crippen molar-refractivity contribution in [1.82, 2.24) is 4.90 Å². The number of benzene rings is 2. The Morgan fingerprint density at radius 1 is 1.21 bits per heavy atom. The van der Waals surface area contributed by atoms with Crippen molar-refractivity contribution in [2.45, 2.75) is 19.9 Å². The Morgan fingerprint density at radius 2 is 2.00 bits per heavy atom. The molecule has 3 rings (SSSR count). The highest BCUT2D eigenvalue weighted by Gasteiger charge is 2.19. The zero-order chi connectivity index (χ0) is 16.9. The van der Waals surface area contributed by atoms with E-state index in [1.54, 1.807) is 0 Å². The maximum absolute atomic E-state index is 12.0. The van der Waals surface area contributed by atoms with Gasteiger partial charge in [0.25, 0.3) is 0 Å². The second-order valence-corrected chi connectivity index (χ2v) is 6.14. The van der Waals surface area contributed by atoms with E-state index >= 15 is 0 Å². The Kier molecular flexibility index (Phi) is 5.06. The molecule has 0 N–H and O–H groups in total. The summed E-state index contributed by atoms with van der Waals surface area (Å²) in [5.74, 6) is -0.336. The number of aliphatic imine (C=N–C) groups is 1. The number of methoxy groups -OCH3 is 1. The lowest BCUT2D eigenvalue weighted by Gasteiger charge is -2.13. The molecule has 0 amide bonds. The van der Waals surface area contributed by atoms with E-state index in [0.717, 1.165) is 37.3 Å². The van der Waals surface area contributed by atoms with Crippen LogP contribution in [0.5, 0.6) is 0 Å². The molecule has 0 saturated carbocycles. The predicted molar refractivity (Wildman–Crippen MR) is 95.9 cm³/mol. The molecule has 124 valence electrons. The fourth-order valence-electron chi connectivity index (χ4n) is 2.96. The van der Waals surface area contributed by atoms with E-state index in [-0.39, 0.29) is 5.97 Å². The molecule has 0 atom stereocenters. The van der Waals surface area contributed by atoms with Gasteiger partial charge in [-0.05, 0) is 31.0 Å². The monoisotopic (exact) mass is 322 g/mol. The molecule has 1 heterocycles. The molecule has 1 saturated heterocycles. The van der Waals surface area contributed by atoms with Gasteiger partial charge in [-0.1, -0.05) is 42.0 Å². The molecular weight excluding hydrogens is 300 g/mol. The average Bonchev–Trinajstić information content (AvgIpc) is 3.03. The van der Waals surface area contributed by atoms with Crippen LogP contribution in [0.25, 0.3) is 0 Å². The minimum absolute atomic E-state index is 0.336. The number of esters is 1. The third-order valence-electron chi connectivity index (χ3n) is 4.21. The van der Waals surface area contributed by atoms with E-state index < -0.39 is 0 Å². The third kappa shape index (κ3) is 3.89. The Hall–Kier alpha value is -2.46. The summed E-state index contributed by atoms with van der Waals surface area (Å²) in [4.78, 5) is 19.1. The first-order valence-corrected chi connectivity index (χ1v) is 8.17. The van der Waals surface area contributed by atoms with Gasteiger partial charge in [-0.25, -0.2) is 4.79 Å². The second kappa shape index (κ2) is 7.41. The molecule has 0 spiro atoms. The molecule has 2 aromatic rings. The molecular formula is C20H22N2O2. The summed E-state index contributed by atoms with van der Waals surface area (Å²) in [6, 6.07) is 16.2. The lowest BCUT2D eigenvalue weighted by molar-refractivity contribution is 0.0601. The number of aryl methyl sites for hydroxylation is 1. The third-order valence-corrected chi connectivity index (χ3v) is 4.21. The van der Waals surface area contributed by atoms with E-state index in [2.05, 4.69) is 29.2 Å². The number of carbonyl (C=O) groups is 1. The Balaban J connectivity index is 1.75. The summed E-state index contributed by atoms with van der Waals surface area (Å²) in [7, 11) is 1.40. The summed E-state index contributed by atoms with van der Waals surface area (Å²) >= 11 is 0. The van der Waals surface area contributed by atoms with E-state index in [4.69, 9.17) is 9.73 Å². The van der Waals surface area contributed by atoms with Crippen LogP contribution in [-0.4, -0.2) is 36.8 Å². The lowest BCUT2D eigenvalue weighted by atomic mass is 10.1. The maximum atomic E-state index is 12.0.